The second-order valence-electron chi connectivity index (χ2n) is 6.41. The van der Waals surface area contributed by atoms with Crippen molar-refractivity contribution in [3.63, 3.8) is 0 Å². The van der Waals surface area contributed by atoms with E-state index in [0.29, 0.717) is 34.6 Å². The number of aldehydes is 1. The molecular weight excluding hydrogens is 387 g/mol. The van der Waals surface area contributed by atoms with Crippen LogP contribution in [0.5, 0.6) is 0 Å². The summed E-state index contributed by atoms with van der Waals surface area (Å²) >= 11 is 12.4. The molecule has 0 amide bonds. The number of aryl methyl sites for hydroxylation is 1. The fourth-order valence-corrected chi connectivity index (χ4v) is 3.75. The molecule has 0 saturated heterocycles. The Balaban J connectivity index is 2.02. The van der Waals surface area contributed by atoms with Crippen LogP contribution in [0.3, 0.4) is 0 Å². The number of fused-ring (bicyclic) bond motifs is 1. The first-order chi connectivity index (χ1) is 13.0. The minimum absolute atomic E-state index is 0.0117. The first kappa shape index (κ1) is 17.8. The van der Waals surface area contributed by atoms with Crippen LogP contribution in [0, 0.1) is 0 Å². The largest absolute Gasteiger partial charge is 0.313 e. The molecule has 0 unspecified atom stereocenters. The summed E-state index contributed by atoms with van der Waals surface area (Å²) < 4.78 is 5.03. The average Bonchev–Trinajstić information content (AvgIpc) is 3.24. The minimum Gasteiger partial charge on any atom is -0.313 e. The van der Waals surface area contributed by atoms with Crippen molar-refractivity contribution in [3.05, 3.63) is 62.9 Å². The molecule has 0 N–H and O–H groups in total. The molecule has 3 aromatic rings. The van der Waals surface area contributed by atoms with Crippen LogP contribution >= 0.6 is 23.2 Å². The normalized spacial score (nSPS) is 14.7. The zero-order valence-corrected chi connectivity index (χ0v) is 16.0. The van der Waals surface area contributed by atoms with Crippen molar-refractivity contribution < 1.29 is 4.79 Å². The van der Waals surface area contributed by atoms with Crippen LogP contribution in [0.4, 0.5) is 0 Å². The molecule has 1 aliphatic carbocycles. The number of pyridine rings is 1. The molecule has 138 valence electrons. The minimum atomic E-state index is -0.213. The molecule has 6 nitrogen and oxygen atoms in total. The van der Waals surface area contributed by atoms with E-state index in [-0.39, 0.29) is 12.1 Å². The van der Waals surface area contributed by atoms with Crippen LogP contribution < -0.4 is 5.56 Å². The maximum Gasteiger partial charge on any atom is 0.261 e. The summed E-state index contributed by atoms with van der Waals surface area (Å²) in [6.07, 6.45) is 11.0. The average molecular weight is 403 g/mol. The van der Waals surface area contributed by atoms with E-state index in [4.69, 9.17) is 23.2 Å². The van der Waals surface area contributed by atoms with Gasteiger partial charge in [0.2, 0.25) is 0 Å². The van der Waals surface area contributed by atoms with Gasteiger partial charge in [-0.1, -0.05) is 23.2 Å². The van der Waals surface area contributed by atoms with Gasteiger partial charge in [-0.15, -0.1) is 0 Å². The maximum atomic E-state index is 13.0. The zero-order chi connectivity index (χ0) is 19.1. The van der Waals surface area contributed by atoms with Crippen molar-refractivity contribution in [2.45, 2.75) is 19.4 Å². The van der Waals surface area contributed by atoms with E-state index in [1.54, 1.807) is 17.1 Å². The number of carbonyl (C=O) groups is 1. The van der Waals surface area contributed by atoms with Gasteiger partial charge in [-0.05, 0) is 30.6 Å². The number of hydrogen-bond donors (Lipinski definition) is 0. The third-order valence-electron chi connectivity index (χ3n) is 4.69. The summed E-state index contributed by atoms with van der Waals surface area (Å²) in [7, 11) is 1.84. The molecule has 3 aromatic heterocycles. The molecule has 4 rings (SSSR count). The topological polar surface area (TPSA) is 61.8 Å². The Morgan fingerprint density at radius 3 is 2.74 bits per heavy atom. The molecule has 0 spiro atoms. The predicted molar refractivity (Wildman–Crippen MR) is 106 cm³/mol. The quantitative estimate of drug-likeness (QED) is 0.626. The smallest absolute Gasteiger partial charge is 0.261 e. The molecule has 27 heavy (non-hydrogen) atoms. The molecule has 0 saturated carbocycles. The highest BCUT2D eigenvalue weighted by Crippen LogP contribution is 2.37. The van der Waals surface area contributed by atoms with Gasteiger partial charge in [0.05, 0.1) is 34.4 Å². The summed E-state index contributed by atoms with van der Waals surface area (Å²) in [4.78, 5) is 24.0. The van der Waals surface area contributed by atoms with Gasteiger partial charge in [0.25, 0.3) is 5.56 Å². The fourth-order valence-electron chi connectivity index (χ4n) is 3.38. The highest BCUT2D eigenvalue weighted by Gasteiger charge is 2.20. The Bertz CT molecular complexity index is 1180. The predicted octanol–water partition coefficient (Wildman–Crippen LogP) is 3.59. The van der Waals surface area contributed by atoms with Crippen molar-refractivity contribution in [2.75, 3.05) is 0 Å². The van der Waals surface area contributed by atoms with E-state index < -0.39 is 0 Å². The van der Waals surface area contributed by atoms with Gasteiger partial charge >= 0.3 is 0 Å². The summed E-state index contributed by atoms with van der Waals surface area (Å²) in [5.41, 5.74) is 3.12. The van der Waals surface area contributed by atoms with E-state index in [9.17, 15) is 9.59 Å². The van der Waals surface area contributed by atoms with E-state index in [0.717, 1.165) is 22.3 Å². The van der Waals surface area contributed by atoms with Crippen molar-refractivity contribution in [1.29, 1.82) is 0 Å². The standard InChI is InChI=1S/C19H16Cl2N4O2/c1-23-10-13(9-22-23)25-11-14(12-2-3-15(20)16(21)8-12)18-17(25)4-5-24(6-7-26)19(18)27/h4-5,7-11H,2-3,6H2,1H3. The molecule has 0 bridgehead atoms. The van der Waals surface area contributed by atoms with Gasteiger partial charge in [-0.3, -0.25) is 9.48 Å². The number of aromatic nitrogens is 4. The number of nitrogens with zero attached hydrogens (tertiary/aromatic N) is 4. The second-order valence-corrected chi connectivity index (χ2v) is 7.27. The summed E-state index contributed by atoms with van der Waals surface area (Å²) in [5, 5.41) is 5.88. The molecule has 0 aliphatic heterocycles. The summed E-state index contributed by atoms with van der Waals surface area (Å²) in [6.45, 7) is 0.0117. The van der Waals surface area contributed by atoms with Gasteiger partial charge < -0.3 is 13.9 Å². The highest BCUT2D eigenvalue weighted by molar-refractivity contribution is 6.40. The molecule has 0 aromatic carbocycles. The number of allylic oxidation sites excluding steroid dienone is 4. The maximum absolute atomic E-state index is 13.0. The molecule has 0 fully saturated rings. The van der Waals surface area contributed by atoms with Crippen molar-refractivity contribution in [3.8, 4) is 5.69 Å². The van der Waals surface area contributed by atoms with Gasteiger partial charge in [0.15, 0.2) is 0 Å². The zero-order valence-electron chi connectivity index (χ0n) is 14.5. The first-order valence-electron chi connectivity index (χ1n) is 8.42. The van der Waals surface area contributed by atoms with Gasteiger partial charge in [-0.2, -0.15) is 5.10 Å². The van der Waals surface area contributed by atoms with Crippen LogP contribution in [0.1, 0.15) is 18.4 Å². The molecular formula is C19H16Cl2N4O2. The number of carbonyl (C=O) groups excluding carboxylic acids is 1. The van der Waals surface area contributed by atoms with Crippen LogP contribution in [0.2, 0.25) is 0 Å². The monoisotopic (exact) mass is 402 g/mol. The Kier molecular flexibility index (Phi) is 4.53. The van der Waals surface area contributed by atoms with Crippen LogP contribution in [0.15, 0.2) is 51.8 Å². The lowest BCUT2D eigenvalue weighted by atomic mass is 9.97. The third kappa shape index (κ3) is 3.05. The fraction of sp³-hybridized carbons (Fsp3) is 0.211. The van der Waals surface area contributed by atoms with E-state index >= 15 is 0 Å². The lowest BCUT2D eigenvalue weighted by Crippen LogP contribution is -2.20. The molecule has 3 heterocycles. The lowest BCUT2D eigenvalue weighted by Gasteiger charge is -2.12. The Morgan fingerprint density at radius 2 is 2.07 bits per heavy atom. The Morgan fingerprint density at radius 1 is 1.26 bits per heavy atom. The summed E-state index contributed by atoms with van der Waals surface area (Å²) in [5.74, 6) is 0. The van der Waals surface area contributed by atoms with E-state index in [1.165, 1.54) is 4.57 Å². The second kappa shape index (κ2) is 6.87. The van der Waals surface area contributed by atoms with Crippen molar-refractivity contribution >= 4 is 46.0 Å². The van der Waals surface area contributed by atoms with Crippen LogP contribution in [0.25, 0.3) is 22.2 Å². The molecule has 1 aliphatic rings. The summed E-state index contributed by atoms with van der Waals surface area (Å²) in [6, 6.07) is 1.84. The number of halogens is 2. The van der Waals surface area contributed by atoms with Crippen LogP contribution in [-0.2, 0) is 18.4 Å². The van der Waals surface area contributed by atoms with E-state index in [2.05, 4.69) is 5.10 Å². The molecule has 0 atom stereocenters. The first-order valence-corrected chi connectivity index (χ1v) is 9.17. The lowest BCUT2D eigenvalue weighted by molar-refractivity contribution is -0.108. The SMILES string of the molecule is Cn1cc(-n2cc(C3=CC(Cl)=C(Cl)CC3)c3c(=O)n(CC=O)ccc32)cn1. The highest BCUT2D eigenvalue weighted by atomic mass is 35.5. The van der Waals surface area contributed by atoms with Crippen molar-refractivity contribution in [1.82, 2.24) is 18.9 Å². The Hall–Kier alpha value is -2.57. The number of hydrogen-bond acceptors (Lipinski definition) is 3. The van der Waals surface area contributed by atoms with Crippen LogP contribution in [-0.4, -0.2) is 25.2 Å². The Labute approximate surface area is 164 Å². The van der Waals surface area contributed by atoms with Gasteiger partial charge in [-0.25, -0.2) is 0 Å². The van der Waals surface area contributed by atoms with Gasteiger partial charge in [0.1, 0.15) is 6.29 Å². The van der Waals surface area contributed by atoms with Crippen molar-refractivity contribution in [2.24, 2.45) is 7.05 Å². The molecule has 8 heteroatoms. The van der Waals surface area contributed by atoms with Gasteiger partial charge in [0, 0.05) is 36.2 Å². The van der Waals surface area contributed by atoms with E-state index in [1.807, 2.05) is 36.2 Å². The number of rotatable bonds is 4. The third-order valence-corrected chi connectivity index (χ3v) is 5.52. The molecule has 0 radical (unpaired) electrons.